The van der Waals surface area contributed by atoms with Gasteiger partial charge in [-0.3, -0.25) is 4.68 Å². The number of nitrogens with zero attached hydrogens (tertiary/aromatic N) is 2. The van der Waals surface area contributed by atoms with Gasteiger partial charge in [0, 0.05) is 19.2 Å². The van der Waals surface area contributed by atoms with Crippen LogP contribution < -0.4 is 0 Å². The molecular weight excluding hydrogens is 188 g/mol. The van der Waals surface area contributed by atoms with Gasteiger partial charge in [0.2, 0.25) is 0 Å². The first kappa shape index (κ1) is 12.2. The zero-order chi connectivity index (χ0) is 11.6. The van der Waals surface area contributed by atoms with Gasteiger partial charge in [0.25, 0.3) is 0 Å². The third kappa shape index (κ3) is 3.06. The average molecular weight is 210 g/mol. The molecule has 0 saturated carbocycles. The highest BCUT2D eigenvalue weighted by atomic mass is 16.3. The van der Waals surface area contributed by atoms with E-state index in [-0.39, 0.29) is 11.5 Å². The molecule has 0 saturated heterocycles. The van der Waals surface area contributed by atoms with Crippen molar-refractivity contribution in [3.63, 3.8) is 0 Å². The molecule has 1 aromatic heterocycles. The Kier molecular flexibility index (Phi) is 3.55. The first-order chi connectivity index (χ1) is 6.84. The molecule has 0 radical (unpaired) electrons. The minimum Gasteiger partial charge on any atom is -0.392 e. The fourth-order valence-corrected chi connectivity index (χ4v) is 1.44. The zero-order valence-electron chi connectivity index (χ0n) is 10.4. The summed E-state index contributed by atoms with van der Waals surface area (Å²) >= 11 is 0. The number of aliphatic hydroxyl groups is 1. The number of hydrogen-bond donors (Lipinski definition) is 1. The van der Waals surface area contributed by atoms with E-state index in [0.717, 1.165) is 17.8 Å². The minimum absolute atomic E-state index is 0.0728. The van der Waals surface area contributed by atoms with E-state index in [2.05, 4.69) is 38.9 Å². The maximum atomic E-state index is 10.0. The van der Waals surface area contributed by atoms with Crippen molar-refractivity contribution in [2.75, 3.05) is 0 Å². The molecule has 1 aromatic rings. The molecule has 0 amide bonds. The number of aryl methyl sites for hydroxylation is 2. The molecule has 1 atom stereocenters. The molecule has 0 aromatic carbocycles. The topological polar surface area (TPSA) is 38.0 Å². The quantitative estimate of drug-likeness (QED) is 0.828. The first-order valence-electron chi connectivity index (χ1n) is 5.54. The maximum Gasteiger partial charge on any atom is 0.0643 e. The molecule has 0 spiro atoms. The Bertz CT molecular complexity index is 323. The monoisotopic (exact) mass is 210 g/mol. The van der Waals surface area contributed by atoms with Crippen molar-refractivity contribution in [3.8, 4) is 0 Å². The summed E-state index contributed by atoms with van der Waals surface area (Å²) in [5.74, 6) is 0. The van der Waals surface area contributed by atoms with Gasteiger partial charge in [0.05, 0.1) is 11.8 Å². The zero-order valence-corrected chi connectivity index (χ0v) is 10.4. The Morgan fingerprint density at radius 2 is 2.07 bits per heavy atom. The predicted molar refractivity (Wildman–Crippen MR) is 61.8 cm³/mol. The summed E-state index contributed by atoms with van der Waals surface area (Å²) in [6, 6.07) is 2.08. The van der Waals surface area contributed by atoms with Crippen molar-refractivity contribution in [1.82, 2.24) is 9.78 Å². The Morgan fingerprint density at radius 1 is 1.47 bits per heavy atom. The predicted octanol–water partition coefficient (Wildman–Crippen LogP) is 1.93. The molecule has 0 aliphatic rings. The van der Waals surface area contributed by atoms with E-state index >= 15 is 0 Å². The fourth-order valence-electron chi connectivity index (χ4n) is 1.44. The number of rotatable bonds is 3. The van der Waals surface area contributed by atoms with Crippen molar-refractivity contribution < 1.29 is 5.11 Å². The summed E-state index contributed by atoms with van der Waals surface area (Å²) in [5, 5.41) is 14.4. The first-order valence-corrected chi connectivity index (χ1v) is 5.54. The van der Waals surface area contributed by atoms with E-state index in [4.69, 9.17) is 0 Å². The van der Waals surface area contributed by atoms with Crippen LogP contribution in [0.1, 0.15) is 39.1 Å². The third-order valence-electron chi connectivity index (χ3n) is 2.79. The standard InChI is InChI=1S/C12H22N2O/c1-6-9-7-10(14(5)13-9)8-11(15)12(2,3)4/h7,11,15H,6,8H2,1-5H3. The van der Waals surface area contributed by atoms with Gasteiger partial charge in [-0.15, -0.1) is 0 Å². The molecule has 3 heteroatoms. The van der Waals surface area contributed by atoms with Crippen LogP contribution in [0.15, 0.2) is 6.07 Å². The molecule has 15 heavy (non-hydrogen) atoms. The molecule has 1 unspecified atom stereocenters. The lowest BCUT2D eigenvalue weighted by atomic mass is 9.86. The molecule has 1 heterocycles. The summed E-state index contributed by atoms with van der Waals surface area (Å²) in [6.07, 6.45) is 1.30. The lowest BCUT2D eigenvalue weighted by Gasteiger charge is -2.25. The molecule has 3 nitrogen and oxygen atoms in total. The summed E-state index contributed by atoms with van der Waals surface area (Å²) in [4.78, 5) is 0. The molecule has 1 rings (SSSR count). The molecule has 0 aliphatic heterocycles. The minimum atomic E-state index is -0.322. The Morgan fingerprint density at radius 3 is 2.47 bits per heavy atom. The second-order valence-corrected chi connectivity index (χ2v) is 5.19. The van der Waals surface area contributed by atoms with Gasteiger partial charge >= 0.3 is 0 Å². The van der Waals surface area contributed by atoms with Crippen LogP contribution in [0.2, 0.25) is 0 Å². The molecule has 1 N–H and O–H groups in total. The lowest BCUT2D eigenvalue weighted by molar-refractivity contribution is 0.0620. The van der Waals surface area contributed by atoms with E-state index in [1.807, 2.05) is 11.7 Å². The van der Waals surface area contributed by atoms with Crippen molar-refractivity contribution in [2.24, 2.45) is 12.5 Å². The number of aliphatic hydroxyl groups excluding tert-OH is 1. The van der Waals surface area contributed by atoms with Crippen LogP contribution in [-0.2, 0) is 19.9 Å². The van der Waals surface area contributed by atoms with Crippen LogP contribution in [0.4, 0.5) is 0 Å². The van der Waals surface area contributed by atoms with Gasteiger partial charge in [-0.05, 0) is 17.9 Å². The number of hydrogen-bond acceptors (Lipinski definition) is 2. The van der Waals surface area contributed by atoms with E-state index < -0.39 is 0 Å². The van der Waals surface area contributed by atoms with E-state index in [0.29, 0.717) is 6.42 Å². The SMILES string of the molecule is CCc1cc(CC(O)C(C)(C)C)n(C)n1. The van der Waals surface area contributed by atoms with Crippen LogP contribution in [0.25, 0.3) is 0 Å². The van der Waals surface area contributed by atoms with Gasteiger partial charge in [0.15, 0.2) is 0 Å². The van der Waals surface area contributed by atoms with Crippen molar-refractivity contribution in [1.29, 1.82) is 0 Å². The summed E-state index contributed by atoms with van der Waals surface area (Å²) in [6.45, 7) is 8.24. The van der Waals surface area contributed by atoms with Crippen LogP contribution in [0.3, 0.4) is 0 Å². The van der Waals surface area contributed by atoms with Crippen LogP contribution >= 0.6 is 0 Å². The van der Waals surface area contributed by atoms with Gasteiger partial charge in [-0.25, -0.2) is 0 Å². The van der Waals surface area contributed by atoms with E-state index in [9.17, 15) is 5.11 Å². The van der Waals surface area contributed by atoms with Gasteiger partial charge in [0.1, 0.15) is 0 Å². The third-order valence-corrected chi connectivity index (χ3v) is 2.79. The normalized spacial score (nSPS) is 14.3. The Hall–Kier alpha value is -0.830. The highest BCUT2D eigenvalue weighted by molar-refractivity contribution is 5.11. The summed E-state index contributed by atoms with van der Waals surface area (Å²) in [7, 11) is 1.93. The average Bonchev–Trinajstić information content (AvgIpc) is 2.45. The molecule has 0 aliphatic carbocycles. The van der Waals surface area contributed by atoms with Crippen LogP contribution in [0, 0.1) is 5.41 Å². The van der Waals surface area contributed by atoms with Crippen LogP contribution in [0.5, 0.6) is 0 Å². The molecule has 0 bridgehead atoms. The summed E-state index contributed by atoms with van der Waals surface area (Å²) < 4.78 is 1.87. The maximum absolute atomic E-state index is 10.0. The highest BCUT2D eigenvalue weighted by Crippen LogP contribution is 2.22. The van der Waals surface area contributed by atoms with Crippen molar-refractivity contribution in [3.05, 3.63) is 17.5 Å². The molecule has 0 fully saturated rings. The molecular formula is C12H22N2O. The fraction of sp³-hybridized carbons (Fsp3) is 0.750. The van der Waals surface area contributed by atoms with E-state index in [1.165, 1.54) is 0 Å². The Balaban J connectivity index is 2.76. The van der Waals surface area contributed by atoms with Crippen molar-refractivity contribution in [2.45, 2.75) is 46.6 Å². The van der Waals surface area contributed by atoms with Crippen molar-refractivity contribution >= 4 is 0 Å². The molecule has 86 valence electrons. The largest absolute Gasteiger partial charge is 0.392 e. The van der Waals surface area contributed by atoms with E-state index in [1.54, 1.807) is 0 Å². The Labute approximate surface area is 92.1 Å². The highest BCUT2D eigenvalue weighted by Gasteiger charge is 2.23. The lowest BCUT2D eigenvalue weighted by Crippen LogP contribution is -2.28. The van der Waals surface area contributed by atoms with Crippen LogP contribution in [-0.4, -0.2) is 21.0 Å². The summed E-state index contributed by atoms with van der Waals surface area (Å²) in [5.41, 5.74) is 2.12. The second-order valence-electron chi connectivity index (χ2n) is 5.19. The van der Waals surface area contributed by atoms with Gasteiger partial charge in [-0.1, -0.05) is 27.7 Å². The van der Waals surface area contributed by atoms with Gasteiger partial charge < -0.3 is 5.11 Å². The number of aromatic nitrogens is 2. The second kappa shape index (κ2) is 4.35. The smallest absolute Gasteiger partial charge is 0.0643 e. The van der Waals surface area contributed by atoms with Gasteiger partial charge in [-0.2, -0.15) is 5.10 Å².